The highest BCUT2D eigenvalue weighted by Gasteiger charge is 2.22. The zero-order valence-corrected chi connectivity index (χ0v) is 14.4. The lowest BCUT2D eigenvalue weighted by Crippen LogP contribution is -2.33. The summed E-state index contributed by atoms with van der Waals surface area (Å²) in [5.74, 6) is 0.702. The Morgan fingerprint density at radius 2 is 1.69 bits per heavy atom. The number of rotatable bonds is 8. The molecule has 0 unspecified atom stereocenters. The summed E-state index contributed by atoms with van der Waals surface area (Å²) in [6.45, 7) is 0.752. The quantitative estimate of drug-likeness (QED) is 0.675. The molecular formula is C21H21NO4. The van der Waals surface area contributed by atoms with E-state index in [1.807, 2.05) is 60.7 Å². The highest BCUT2D eigenvalue weighted by atomic mass is 16.5. The van der Waals surface area contributed by atoms with Crippen LogP contribution in [0.3, 0.4) is 0 Å². The van der Waals surface area contributed by atoms with Crippen molar-refractivity contribution in [2.24, 2.45) is 0 Å². The lowest BCUT2D eigenvalue weighted by molar-refractivity contribution is 0.0672. The Labute approximate surface area is 152 Å². The second-order valence-electron chi connectivity index (χ2n) is 5.81. The van der Waals surface area contributed by atoms with Gasteiger partial charge in [-0.15, -0.1) is 0 Å². The average molecular weight is 351 g/mol. The molecule has 0 saturated heterocycles. The summed E-state index contributed by atoms with van der Waals surface area (Å²) in [5, 5.41) is 9.33. The van der Waals surface area contributed by atoms with Crippen LogP contribution >= 0.6 is 0 Å². The smallest absolute Gasteiger partial charge is 0.290 e. The Hall–Kier alpha value is -3.05. The maximum Gasteiger partial charge on any atom is 0.290 e. The van der Waals surface area contributed by atoms with E-state index in [0.717, 1.165) is 11.3 Å². The molecule has 26 heavy (non-hydrogen) atoms. The van der Waals surface area contributed by atoms with E-state index >= 15 is 0 Å². The average Bonchev–Trinajstić information content (AvgIpc) is 3.16. The Kier molecular flexibility index (Phi) is 6.06. The molecule has 0 aliphatic carbocycles. The first-order chi connectivity index (χ1) is 12.8. The lowest BCUT2D eigenvalue weighted by atomic mass is 10.2. The standard InChI is InChI=1S/C21H21NO4/c23-13-12-22(15-17-7-3-1-4-8-17)21(24)20-18(11-14-25-20)16-26-19-9-5-2-6-10-19/h1-11,14,23H,12-13,15-16H2. The SMILES string of the molecule is O=C(c1occc1COc1ccccc1)N(CCO)Cc1ccccc1. The first-order valence-corrected chi connectivity index (χ1v) is 8.46. The van der Waals surface area contributed by atoms with Crippen LogP contribution < -0.4 is 4.74 Å². The van der Waals surface area contributed by atoms with E-state index in [9.17, 15) is 9.90 Å². The van der Waals surface area contributed by atoms with Gasteiger partial charge in [-0.3, -0.25) is 4.79 Å². The van der Waals surface area contributed by atoms with Gasteiger partial charge in [-0.05, 0) is 23.8 Å². The predicted molar refractivity (Wildman–Crippen MR) is 97.8 cm³/mol. The molecule has 1 amide bonds. The minimum Gasteiger partial charge on any atom is -0.489 e. The van der Waals surface area contributed by atoms with Crippen LogP contribution in [0.15, 0.2) is 77.4 Å². The number of benzene rings is 2. The van der Waals surface area contributed by atoms with Crippen molar-refractivity contribution in [2.45, 2.75) is 13.2 Å². The van der Waals surface area contributed by atoms with E-state index in [-0.39, 0.29) is 31.4 Å². The Morgan fingerprint density at radius 1 is 1.00 bits per heavy atom. The number of aliphatic hydroxyl groups excluding tert-OH is 1. The molecule has 2 aromatic carbocycles. The van der Waals surface area contributed by atoms with Gasteiger partial charge in [0.15, 0.2) is 5.76 Å². The molecule has 3 rings (SSSR count). The van der Waals surface area contributed by atoms with Crippen LogP contribution in [-0.4, -0.2) is 29.1 Å². The minimum atomic E-state index is -0.264. The van der Waals surface area contributed by atoms with Gasteiger partial charge in [-0.1, -0.05) is 48.5 Å². The number of carbonyl (C=O) groups excluding carboxylic acids is 1. The van der Waals surface area contributed by atoms with Crippen LogP contribution in [-0.2, 0) is 13.2 Å². The summed E-state index contributed by atoms with van der Waals surface area (Å²) in [4.78, 5) is 14.5. The molecule has 0 fully saturated rings. The van der Waals surface area contributed by atoms with E-state index in [0.29, 0.717) is 12.1 Å². The number of carbonyl (C=O) groups is 1. The van der Waals surface area contributed by atoms with Crippen molar-refractivity contribution in [3.63, 3.8) is 0 Å². The van der Waals surface area contributed by atoms with Crippen molar-refractivity contribution in [3.8, 4) is 5.75 Å². The Bertz CT molecular complexity index is 814. The van der Waals surface area contributed by atoms with Crippen LogP contribution in [0.4, 0.5) is 0 Å². The third-order valence-electron chi connectivity index (χ3n) is 3.95. The molecule has 0 spiro atoms. The Morgan fingerprint density at radius 3 is 2.38 bits per heavy atom. The van der Waals surface area contributed by atoms with Gasteiger partial charge in [-0.2, -0.15) is 0 Å². The van der Waals surface area contributed by atoms with Crippen molar-refractivity contribution in [2.75, 3.05) is 13.2 Å². The van der Waals surface area contributed by atoms with Crippen LogP contribution in [0.1, 0.15) is 21.7 Å². The highest BCUT2D eigenvalue weighted by Crippen LogP contribution is 2.18. The van der Waals surface area contributed by atoms with Crippen molar-refractivity contribution in [3.05, 3.63) is 89.9 Å². The van der Waals surface area contributed by atoms with Gasteiger partial charge in [0.05, 0.1) is 12.9 Å². The van der Waals surface area contributed by atoms with Crippen molar-refractivity contribution < 1.29 is 19.1 Å². The molecule has 0 radical (unpaired) electrons. The van der Waals surface area contributed by atoms with Crippen LogP contribution in [0.2, 0.25) is 0 Å². The van der Waals surface area contributed by atoms with Crippen molar-refractivity contribution in [1.29, 1.82) is 0 Å². The number of para-hydroxylation sites is 1. The maximum absolute atomic E-state index is 12.9. The fourth-order valence-electron chi connectivity index (χ4n) is 2.64. The first-order valence-electron chi connectivity index (χ1n) is 8.46. The molecule has 0 atom stereocenters. The van der Waals surface area contributed by atoms with Crippen LogP contribution in [0.25, 0.3) is 0 Å². The molecule has 3 aromatic rings. The summed E-state index contributed by atoms with van der Waals surface area (Å²) in [6, 6.07) is 20.8. The molecule has 134 valence electrons. The zero-order chi connectivity index (χ0) is 18.2. The number of aliphatic hydroxyl groups is 1. The highest BCUT2D eigenvalue weighted by molar-refractivity contribution is 5.92. The van der Waals surface area contributed by atoms with Crippen LogP contribution in [0.5, 0.6) is 5.75 Å². The Balaban J connectivity index is 1.72. The molecule has 0 saturated carbocycles. The third kappa shape index (κ3) is 4.52. The summed E-state index contributed by atoms with van der Waals surface area (Å²) < 4.78 is 11.1. The monoisotopic (exact) mass is 351 g/mol. The number of amides is 1. The lowest BCUT2D eigenvalue weighted by Gasteiger charge is -2.21. The summed E-state index contributed by atoms with van der Waals surface area (Å²) >= 11 is 0. The molecule has 0 aliphatic heterocycles. The fourth-order valence-corrected chi connectivity index (χ4v) is 2.64. The molecular weight excluding hydrogens is 330 g/mol. The number of hydrogen-bond donors (Lipinski definition) is 1. The number of nitrogens with zero attached hydrogens (tertiary/aromatic N) is 1. The molecule has 0 aliphatic rings. The van der Waals surface area contributed by atoms with Gasteiger partial charge in [0.1, 0.15) is 12.4 Å². The first kappa shape index (κ1) is 17.8. The van der Waals surface area contributed by atoms with E-state index in [1.54, 1.807) is 11.0 Å². The fraction of sp³-hybridized carbons (Fsp3) is 0.190. The number of furan rings is 1. The third-order valence-corrected chi connectivity index (χ3v) is 3.95. The largest absolute Gasteiger partial charge is 0.489 e. The zero-order valence-electron chi connectivity index (χ0n) is 14.4. The molecule has 1 aromatic heterocycles. The van der Waals surface area contributed by atoms with Gasteiger partial charge >= 0.3 is 0 Å². The van der Waals surface area contributed by atoms with Gasteiger partial charge < -0.3 is 19.2 Å². The molecule has 5 nitrogen and oxygen atoms in total. The van der Waals surface area contributed by atoms with Gasteiger partial charge in [0.25, 0.3) is 5.91 Å². The van der Waals surface area contributed by atoms with E-state index < -0.39 is 0 Å². The van der Waals surface area contributed by atoms with E-state index in [4.69, 9.17) is 9.15 Å². The van der Waals surface area contributed by atoms with Gasteiger partial charge in [0, 0.05) is 18.7 Å². The van der Waals surface area contributed by atoms with Gasteiger partial charge in [0.2, 0.25) is 0 Å². The molecule has 5 heteroatoms. The second-order valence-corrected chi connectivity index (χ2v) is 5.81. The normalized spacial score (nSPS) is 10.5. The summed E-state index contributed by atoms with van der Waals surface area (Å²) in [5.41, 5.74) is 1.66. The van der Waals surface area contributed by atoms with Crippen LogP contribution in [0, 0.1) is 0 Å². The van der Waals surface area contributed by atoms with Crippen molar-refractivity contribution in [1.82, 2.24) is 4.90 Å². The molecule has 1 heterocycles. The van der Waals surface area contributed by atoms with Crippen molar-refractivity contribution >= 4 is 5.91 Å². The van der Waals surface area contributed by atoms with Gasteiger partial charge in [-0.25, -0.2) is 0 Å². The van der Waals surface area contributed by atoms with E-state index in [1.165, 1.54) is 6.26 Å². The second kappa shape index (κ2) is 8.87. The number of ether oxygens (including phenoxy) is 1. The molecule has 0 bridgehead atoms. The summed E-state index contributed by atoms with van der Waals surface area (Å²) in [7, 11) is 0. The maximum atomic E-state index is 12.9. The topological polar surface area (TPSA) is 62.9 Å². The minimum absolute atomic E-state index is 0.116. The summed E-state index contributed by atoms with van der Waals surface area (Å²) in [6.07, 6.45) is 1.48. The number of hydrogen-bond acceptors (Lipinski definition) is 4. The van der Waals surface area contributed by atoms with E-state index in [2.05, 4.69) is 0 Å². The predicted octanol–water partition coefficient (Wildman–Crippen LogP) is 3.49. The molecule has 1 N–H and O–H groups in total.